The number of phosphoric ester groups is 1. The molecular weight excluding hydrogens is 491 g/mol. The third kappa shape index (κ3) is 22.2. The van der Waals surface area contributed by atoms with Crippen LogP contribution in [0, 0.1) is 0 Å². The summed E-state index contributed by atoms with van der Waals surface area (Å²) in [6, 6.07) is 0. The number of ether oxygens (including phenoxy) is 2. The van der Waals surface area contributed by atoms with Gasteiger partial charge in [-0.15, -0.1) is 0 Å². The molecule has 0 aromatic heterocycles. The predicted octanol–water partition coefficient (Wildman–Crippen LogP) is 4.82. The summed E-state index contributed by atoms with van der Waals surface area (Å²) < 4.78 is 31.8. The molecule has 0 saturated heterocycles. The van der Waals surface area contributed by atoms with Crippen molar-refractivity contribution in [1.82, 2.24) is 0 Å². The molecule has 0 aliphatic carbocycles. The van der Waals surface area contributed by atoms with Gasteiger partial charge < -0.3 is 24.6 Å². The molecular formula is C25H49O10P. The van der Waals surface area contributed by atoms with Crippen molar-refractivity contribution in [3.8, 4) is 0 Å². The van der Waals surface area contributed by atoms with Gasteiger partial charge in [0.1, 0.15) is 12.7 Å². The first-order valence-corrected chi connectivity index (χ1v) is 15.0. The zero-order chi connectivity index (χ0) is 27.1. The fourth-order valence-electron chi connectivity index (χ4n) is 3.32. The van der Waals surface area contributed by atoms with Crippen molar-refractivity contribution in [1.29, 1.82) is 0 Å². The Morgan fingerprint density at radius 3 is 1.78 bits per heavy atom. The third-order valence-electron chi connectivity index (χ3n) is 5.51. The molecule has 0 saturated carbocycles. The Kier molecular flexibility index (Phi) is 22.5. The van der Waals surface area contributed by atoms with E-state index in [2.05, 4.69) is 11.4 Å². The van der Waals surface area contributed by atoms with Gasteiger partial charge in [-0.2, -0.15) is 0 Å². The highest BCUT2D eigenvalue weighted by atomic mass is 31.2. The van der Waals surface area contributed by atoms with Crippen molar-refractivity contribution in [2.45, 2.75) is 122 Å². The van der Waals surface area contributed by atoms with Crippen LogP contribution >= 0.6 is 7.82 Å². The van der Waals surface area contributed by atoms with Crippen molar-refractivity contribution >= 4 is 19.8 Å². The third-order valence-corrected chi connectivity index (χ3v) is 6.46. The molecule has 0 heterocycles. The van der Waals surface area contributed by atoms with Crippen LogP contribution in [0.2, 0.25) is 0 Å². The number of carbonyl (C=O) groups excluding carboxylic acids is 2. The lowest BCUT2D eigenvalue weighted by atomic mass is 10.1. The molecule has 10 nitrogen and oxygen atoms in total. The van der Waals surface area contributed by atoms with E-state index >= 15 is 0 Å². The number of aliphatic hydroxyl groups is 2. The first-order chi connectivity index (χ1) is 17.2. The molecule has 11 heteroatoms. The molecule has 0 radical (unpaired) electrons. The minimum Gasteiger partial charge on any atom is -0.462 e. The molecule has 0 aliphatic rings. The standard InChI is InChI=1S/C25H49O10P/c1-3-5-7-8-9-10-11-12-13-14-15-17-25(29)35-23(20-32-24(28)16-6-4-2)21-34-36(30,31)33-19-22(27)18-26/h22-23,26-27H,3-21H2,1-2H3,(H,30,31). The lowest BCUT2D eigenvalue weighted by Crippen LogP contribution is -2.29. The zero-order valence-corrected chi connectivity index (χ0v) is 23.1. The van der Waals surface area contributed by atoms with E-state index in [0.29, 0.717) is 12.8 Å². The highest BCUT2D eigenvalue weighted by molar-refractivity contribution is 7.47. The average molecular weight is 541 g/mol. The first kappa shape index (κ1) is 35.0. The maximum Gasteiger partial charge on any atom is 0.472 e. The molecule has 0 rings (SSSR count). The van der Waals surface area contributed by atoms with Crippen molar-refractivity contribution in [3.05, 3.63) is 0 Å². The second-order valence-corrected chi connectivity index (χ2v) is 10.5. The summed E-state index contributed by atoms with van der Waals surface area (Å²) >= 11 is 0. The van der Waals surface area contributed by atoms with Crippen LogP contribution in [-0.4, -0.2) is 65.7 Å². The molecule has 0 aromatic carbocycles. The summed E-state index contributed by atoms with van der Waals surface area (Å²) in [5.41, 5.74) is 0. The van der Waals surface area contributed by atoms with Gasteiger partial charge in [-0.25, -0.2) is 4.57 Å². The van der Waals surface area contributed by atoms with Crippen LogP contribution in [0.4, 0.5) is 0 Å². The minimum absolute atomic E-state index is 0.188. The minimum atomic E-state index is -4.57. The predicted molar refractivity (Wildman–Crippen MR) is 136 cm³/mol. The van der Waals surface area contributed by atoms with Crippen molar-refractivity contribution in [3.63, 3.8) is 0 Å². The number of unbranched alkanes of at least 4 members (excludes halogenated alkanes) is 11. The van der Waals surface area contributed by atoms with Crippen molar-refractivity contribution < 1.29 is 47.8 Å². The lowest BCUT2D eigenvalue weighted by molar-refractivity contribution is -0.161. The largest absolute Gasteiger partial charge is 0.472 e. The van der Waals surface area contributed by atoms with Gasteiger partial charge in [0, 0.05) is 12.8 Å². The van der Waals surface area contributed by atoms with E-state index in [-0.39, 0.29) is 19.4 Å². The van der Waals surface area contributed by atoms with E-state index in [0.717, 1.165) is 25.7 Å². The van der Waals surface area contributed by atoms with E-state index in [1.807, 2.05) is 6.92 Å². The van der Waals surface area contributed by atoms with Crippen LogP contribution < -0.4 is 0 Å². The number of hydrogen-bond acceptors (Lipinski definition) is 9. The molecule has 0 aromatic rings. The molecule has 3 atom stereocenters. The highest BCUT2D eigenvalue weighted by Gasteiger charge is 2.27. The van der Waals surface area contributed by atoms with Crippen LogP contribution in [0.1, 0.15) is 110 Å². The summed E-state index contributed by atoms with van der Waals surface area (Å²) in [5, 5.41) is 18.0. The molecule has 214 valence electrons. The number of hydrogen-bond donors (Lipinski definition) is 3. The van der Waals surface area contributed by atoms with Gasteiger partial charge in [0.2, 0.25) is 0 Å². The highest BCUT2D eigenvalue weighted by Crippen LogP contribution is 2.43. The smallest absolute Gasteiger partial charge is 0.462 e. The summed E-state index contributed by atoms with van der Waals surface area (Å²) in [6.45, 7) is 2.05. The Bertz CT molecular complexity index is 601. The van der Waals surface area contributed by atoms with Crippen LogP contribution in [0.25, 0.3) is 0 Å². The van der Waals surface area contributed by atoms with E-state index in [4.69, 9.17) is 19.1 Å². The topological polar surface area (TPSA) is 149 Å². The van der Waals surface area contributed by atoms with Crippen molar-refractivity contribution in [2.75, 3.05) is 26.4 Å². The van der Waals surface area contributed by atoms with Gasteiger partial charge in [-0.3, -0.25) is 18.6 Å². The van der Waals surface area contributed by atoms with Gasteiger partial charge >= 0.3 is 19.8 Å². The van der Waals surface area contributed by atoms with E-state index < -0.39 is 51.8 Å². The van der Waals surface area contributed by atoms with Crippen molar-refractivity contribution in [2.24, 2.45) is 0 Å². The lowest BCUT2D eigenvalue weighted by Gasteiger charge is -2.20. The maximum atomic E-state index is 12.3. The quantitative estimate of drug-likeness (QED) is 0.0836. The first-order valence-electron chi connectivity index (χ1n) is 13.5. The Hall–Kier alpha value is -1.03. The summed E-state index contributed by atoms with van der Waals surface area (Å²) in [6.07, 6.45) is 12.2. The maximum absolute atomic E-state index is 12.3. The van der Waals surface area contributed by atoms with Crippen LogP contribution in [0.3, 0.4) is 0 Å². The van der Waals surface area contributed by atoms with Gasteiger partial charge in [0.15, 0.2) is 6.10 Å². The Labute approximate surface area is 216 Å². The number of aliphatic hydroxyl groups excluding tert-OH is 2. The molecule has 0 aliphatic heterocycles. The van der Waals surface area contributed by atoms with E-state index in [1.54, 1.807) is 0 Å². The van der Waals surface area contributed by atoms with E-state index in [1.165, 1.54) is 44.9 Å². The SMILES string of the molecule is CCCCCCCCCCCCCC(=O)OC(COC(=O)CCCC)COP(=O)(O)OCC(O)CO. The number of esters is 2. The van der Waals surface area contributed by atoms with Gasteiger partial charge in [-0.1, -0.05) is 84.5 Å². The number of rotatable bonds is 25. The second-order valence-electron chi connectivity index (χ2n) is 9.08. The Balaban J connectivity index is 4.35. The molecule has 36 heavy (non-hydrogen) atoms. The van der Waals surface area contributed by atoms with Crippen LogP contribution in [0.15, 0.2) is 0 Å². The molecule has 3 unspecified atom stereocenters. The van der Waals surface area contributed by atoms with Gasteiger partial charge in [0.25, 0.3) is 0 Å². The fourth-order valence-corrected chi connectivity index (χ4v) is 4.11. The average Bonchev–Trinajstić information content (AvgIpc) is 2.86. The summed E-state index contributed by atoms with van der Waals surface area (Å²) in [7, 11) is -4.57. The van der Waals surface area contributed by atoms with Gasteiger partial charge in [-0.05, 0) is 12.8 Å². The monoisotopic (exact) mass is 540 g/mol. The molecule has 0 bridgehead atoms. The van der Waals surface area contributed by atoms with Gasteiger partial charge in [0.05, 0.1) is 19.8 Å². The summed E-state index contributed by atoms with van der Waals surface area (Å²) in [4.78, 5) is 33.8. The summed E-state index contributed by atoms with van der Waals surface area (Å²) in [5.74, 6) is -0.966. The zero-order valence-electron chi connectivity index (χ0n) is 22.2. The number of phosphoric acid groups is 1. The second kappa shape index (κ2) is 23.1. The van der Waals surface area contributed by atoms with E-state index in [9.17, 15) is 24.2 Å². The Morgan fingerprint density at radius 1 is 0.722 bits per heavy atom. The molecule has 0 amide bonds. The molecule has 3 N–H and O–H groups in total. The normalized spacial score (nSPS) is 14.7. The van der Waals surface area contributed by atoms with Crippen LogP contribution in [0.5, 0.6) is 0 Å². The molecule has 0 fully saturated rings. The number of carbonyl (C=O) groups is 2. The van der Waals surface area contributed by atoms with Crippen LogP contribution in [-0.2, 0) is 32.7 Å². The Morgan fingerprint density at radius 2 is 1.22 bits per heavy atom. The fraction of sp³-hybridized carbons (Fsp3) is 0.920. The molecule has 0 spiro atoms.